The molecule has 3 nitrogen and oxygen atoms in total. The van der Waals surface area contributed by atoms with Crippen LogP contribution in [0.1, 0.15) is 39.9 Å². The average Bonchev–Trinajstić information content (AvgIpc) is 3.34. The number of nitrogens with zero attached hydrogens (tertiary/aromatic N) is 2. The van der Waals surface area contributed by atoms with Gasteiger partial charge in [-0.05, 0) is 74.4 Å². The lowest BCUT2D eigenvalue weighted by atomic mass is 10.1. The summed E-state index contributed by atoms with van der Waals surface area (Å²) in [5.74, 6) is 0.578. The third-order valence-electron chi connectivity index (χ3n) is 5.01. The predicted octanol–water partition coefficient (Wildman–Crippen LogP) is 4.78. The second kappa shape index (κ2) is 6.26. The van der Waals surface area contributed by atoms with Crippen LogP contribution in [-0.2, 0) is 6.54 Å². The molecule has 1 aliphatic rings. The van der Waals surface area contributed by atoms with E-state index in [1.807, 2.05) is 31.2 Å². The molecule has 1 aliphatic carbocycles. The maximum atomic E-state index is 12.7. The smallest absolute Gasteiger partial charge is 0.279 e. The molecule has 0 unspecified atom stereocenters. The van der Waals surface area contributed by atoms with Crippen LogP contribution in [0.4, 0.5) is 0 Å². The van der Waals surface area contributed by atoms with Crippen molar-refractivity contribution in [2.24, 2.45) is 10.9 Å². The fourth-order valence-corrected chi connectivity index (χ4v) is 4.22. The van der Waals surface area contributed by atoms with Gasteiger partial charge in [0.25, 0.3) is 5.91 Å². The number of aromatic nitrogens is 1. The number of rotatable bonds is 3. The number of hydrogen-bond acceptors (Lipinski definition) is 2. The maximum Gasteiger partial charge on any atom is 0.279 e. The molecule has 4 rings (SSSR count). The predicted molar refractivity (Wildman–Crippen MR) is 103 cm³/mol. The lowest BCUT2D eigenvalue weighted by Gasteiger charge is -2.06. The zero-order chi connectivity index (χ0) is 17.6. The van der Waals surface area contributed by atoms with Crippen molar-refractivity contribution in [2.45, 2.75) is 40.2 Å². The van der Waals surface area contributed by atoms with Crippen molar-refractivity contribution < 1.29 is 4.79 Å². The summed E-state index contributed by atoms with van der Waals surface area (Å²) in [6.45, 7) is 7.19. The van der Waals surface area contributed by atoms with Crippen molar-refractivity contribution >= 4 is 27.5 Å². The minimum atomic E-state index is -0.150. The number of benzene rings is 2. The molecule has 0 bridgehead atoms. The molecule has 1 saturated carbocycles. The molecule has 0 atom stereocenters. The first-order valence-electron chi connectivity index (χ1n) is 8.78. The molecule has 1 heterocycles. The van der Waals surface area contributed by atoms with Crippen LogP contribution in [0.25, 0.3) is 10.2 Å². The van der Waals surface area contributed by atoms with Crippen LogP contribution >= 0.6 is 11.3 Å². The largest absolute Gasteiger partial charge is 0.316 e. The zero-order valence-corrected chi connectivity index (χ0v) is 15.7. The number of amides is 1. The van der Waals surface area contributed by atoms with Crippen LogP contribution in [-0.4, -0.2) is 10.5 Å². The van der Waals surface area contributed by atoms with Gasteiger partial charge in [-0.25, -0.2) is 0 Å². The SMILES string of the molecule is Cc1cc2sc(=NC(=O)c3ccccc3C)n(CC3CC3)c2cc1C. The van der Waals surface area contributed by atoms with Crippen LogP contribution in [0, 0.1) is 26.7 Å². The summed E-state index contributed by atoms with van der Waals surface area (Å²) in [5, 5.41) is 0. The van der Waals surface area contributed by atoms with E-state index in [2.05, 4.69) is 35.5 Å². The van der Waals surface area contributed by atoms with Gasteiger partial charge in [-0.15, -0.1) is 0 Å². The molecule has 0 radical (unpaired) electrons. The molecule has 2 aromatic carbocycles. The van der Waals surface area contributed by atoms with Gasteiger partial charge >= 0.3 is 0 Å². The van der Waals surface area contributed by atoms with Gasteiger partial charge < -0.3 is 4.57 Å². The maximum absolute atomic E-state index is 12.7. The van der Waals surface area contributed by atoms with Crippen LogP contribution in [0.2, 0.25) is 0 Å². The summed E-state index contributed by atoms with van der Waals surface area (Å²) >= 11 is 1.62. The van der Waals surface area contributed by atoms with Gasteiger partial charge in [0.05, 0.1) is 10.2 Å². The Kier molecular flexibility index (Phi) is 4.08. The van der Waals surface area contributed by atoms with Gasteiger partial charge in [-0.3, -0.25) is 4.79 Å². The minimum absolute atomic E-state index is 0.150. The van der Waals surface area contributed by atoms with Crippen LogP contribution in [0.15, 0.2) is 41.4 Å². The van der Waals surface area contributed by atoms with Crippen molar-refractivity contribution in [3.8, 4) is 0 Å². The van der Waals surface area contributed by atoms with Crippen molar-refractivity contribution in [1.82, 2.24) is 4.57 Å². The lowest BCUT2D eigenvalue weighted by Crippen LogP contribution is -2.18. The summed E-state index contributed by atoms with van der Waals surface area (Å²) in [5.41, 5.74) is 5.43. The molecule has 0 saturated heterocycles. The summed E-state index contributed by atoms with van der Waals surface area (Å²) in [6.07, 6.45) is 2.56. The topological polar surface area (TPSA) is 34.4 Å². The van der Waals surface area contributed by atoms with E-state index in [1.165, 1.54) is 34.2 Å². The first-order chi connectivity index (χ1) is 12.0. The van der Waals surface area contributed by atoms with Crippen molar-refractivity contribution in [3.63, 3.8) is 0 Å². The molecule has 1 aromatic heterocycles. The average molecular weight is 350 g/mol. The third-order valence-corrected chi connectivity index (χ3v) is 6.05. The normalized spacial score (nSPS) is 15.1. The summed E-state index contributed by atoms with van der Waals surface area (Å²) in [6, 6.07) is 12.1. The standard InChI is InChI=1S/C21H22N2OS/c1-13-6-4-5-7-17(13)20(24)22-21-23(12-16-8-9-16)18-10-14(2)15(3)11-19(18)25-21/h4-7,10-11,16H,8-9,12H2,1-3H3. The van der Waals surface area contributed by atoms with E-state index in [9.17, 15) is 4.79 Å². The van der Waals surface area contributed by atoms with E-state index in [-0.39, 0.29) is 5.91 Å². The number of carbonyl (C=O) groups excluding carboxylic acids is 1. The number of carbonyl (C=O) groups is 1. The third kappa shape index (κ3) is 3.19. The highest BCUT2D eigenvalue weighted by atomic mass is 32.1. The number of aryl methyl sites for hydroxylation is 3. The molecule has 1 amide bonds. The summed E-state index contributed by atoms with van der Waals surface area (Å²) < 4.78 is 3.46. The first-order valence-corrected chi connectivity index (χ1v) is 9.60. The van der Waals surface area contributed by atoms with E-state index < -0.39 is 0 Å². The Hall–Kier alpha value is -2.20. The summed E-state index contributed by atoms with van der Waals surface area (Å²) in [4.78, 5) is 18.1. The number of hydrogen-bond donors (Lipinski definition) is 0. The van der Waals surface area contributed by atoms with E-state index in [0.29, 0.717) is 5.56 Å². The molecule has 0 spiro atoms. The van der Waals surface area contributed by atoms with Gasteiger partial charge in [0.1, 0.15) is 0 Å². The molecule has 3 aromatic rings. The van der Waals surface area contributed by atoms with E-state index >= 15 is 0 Å². The second-order valence-electron chi connectivity index (χ2n) is 7.07. The quantitative estimate of drug-likeness (QED) is 0.669. The highest BCUT2D eigenvalue weighted by molar-refractivity contribution is 7.16. The van der Waals surface area contributed by atoms with Crippen molar-refractivity contribution in [3.05, 3.63) is 63.5 Å². The monoisotopic (exact) mass is 350 g/mol. The minimum Gasteiger partial charge on any atom is -0.316 e. The fourth-order valence-electron chi connectivity index (χ4n) is 3.10. The first kappa shape index (κ1) is 16.3. The number of thiazole rings is 1. The Morgan fingerprint density at radius 1 is 1.12 bits per heavy atom. The zero-order valence-electron chi connectivity index (χ0n) is 14.9. The highest BCUT2D eigenvalue weighted by Crippen LogP contribution is 2.32. The van der Waals surface area contributed by atoms with Gasteiger partial charge in [0.2, 0.25) is 0 Å². The Balaban J connectivity index is 1.87. The molecular weight excluding hydrogens is 328 g/mol. The molecule has 0 N–H and O–H groups in total. The Labute approximate surface area is 151 Å². The van der Waals surface area contributed by atoms with Crippen molar-refractivity contribution in [1.29, 1.82) is 0 Å². The van der Waals surface area contributed by atoms with E-state index in [0.717, 1.165) is 22.8 Å². The number of fused-ring (bicyclic) bond motifs is 1. The molecular formula is C21H22N2OS. The van der Waals surface area contributed by atoms with Crippen LogP contribution in [0.3, 0.4) is 0 Å². The Bertz CT molecular complexity index is 1040. The molecule has 4 heteroatoms. The van der Waals surface area contributed by atoms with Gasteiger partial charge in [-0.2, -0.15) is 4.99 Å². The van der Waals surface area contributed by atoms with Crippen LogP contribution < -0.4 is 4.80 Å². The molecule has 1 fully saturated rings. The fraction of sp³-hybridized carbons (Fsp3) is 0.333. The van der Waals surface area contributed by atoms with Gasteiger partial charge in [-0.1, -0.05) is 29.5 Å². The highest BCUT2D eigenvalue weighted by Gasteiger charge is 2.23. The van der Waals surface area contributed by atoms with E-state index in [4.69, 9.17) is 0 Å². The molecule has 0 aliphatic heterocycles. The van der Waals surface area contributed by atoms with Crippen molar-refractivity contribution in [2.75, 3.05) is 0 Å². The van der Waals surface area contributed by atoms with Crippen LogP contribution in [0.5, 0.6) is 0 Å². The Morgan fingerprint density at radius 3 is 2.56 bits per heavy atom. The lowest BCUT2D eigenvalue weighted by molar-refractivity contribution is 0.0997. The van der Waals surface area contributed by atoms with Gasteiger partial charge in [0, 0.05) is 12.1 Å². The van der Waals surface area contributed by atoms with E-state index in [1.54, 1.807) is 11.3 Å². The molecule has 128 valence electrons. The second-order valence-corrected chi connectivity index (χ2v) is 8.08. The van der Waals surface area contributed by atoms with Gasteiger partial charge in [0.15, 0.2) is 4.80 Å². The Morgan fingerprint density at radius 2 is 1.84 bits per heavy atom. The molecule has 25 heavy (non-hydrogen) atoms. The summed E-state index contributed by atoms with van der Waals surface area (Å²) in [7, 11) is 0.